The van der Waals surface area contributed by atoms with Crippen molar-refractivity contribution >= 4 is 38.9 Å². The minimum Gasteiger partial charge on any atom is -0.386 e. The van der Waals surface area contributed by atoms with Gasteiger partial charge in [-0.15, -0.1) is 0 Å². The van der Waals surface area contributed by atoms with E-state index in [0.717, 1.165) is 12.1 Å². The van der Waals surface area contributed by atoms with Crippen LogP contribution in [0.2, 0.25) is 0 Å². The zero-order valence-electron chi connectivity index (χ0n) is 11.0. The first kappa shape index (κ1) is 19.1. The highest BCUT2D eigenvalue weighted by molar-refractivity contribution is 7.91. The van der Waals surface area contributed by atoms with Crippen LogP contribution in [-0.2, 0) is 14.6 Å². The number of alkyl halides is 4. The Bertz CT molecular complexity index is 610. The fourth-order valence-electron chi connectivity index (χ4n) is 1.62. The molecule has 10 heteroatoms. The molecule has 2 N–H and O–H groups in total. The highest BCUT2D eigenvalue weighted by Gasteiger charge is 2.25. The Morgan fingerprint density at radius 1 is 1.23 bits per heavy atom. The number of benzene rings is 1. The maximum absolute atomic E-state index is 12.9. The number of amides is 1. The van der Waals surface area contributed by atoms with Gasteiger partial charge in [0, 0.05) is 0 Å². The molecule has 0 fully saturated rings. The maximum Gasteiger partial charge on any atom is 0.253 e. The molecule has 0 aromatic heterocycles. The molecule has 0 bridgehead atoms. The van der Waals surface area contributed by atoms with Crippen molar-refractivity contribution < 1.29 is 27.1 Å². The van der Waals surface area contributed by atoms with Crippen LogP contribution in [-0.4, -0.2) is 43.0 Å². The van der Waals surface area contributed by atoms with Crippen molar-refractivity contribution in [3.05, 3.63) is 29.8 Å². The molecule has 0 saturated heterocycles. The van der Waals surface area contributed by atoms with Crippen LogP contribution < -0.4 is 5.32 Å². The summed E-state index contributed by atoms with van der Waals surface area (Å²) in [5.74, 6) is -0.873. The summed E-state index contributed by atoms with van der Waals surface area (Å²) in [4.78, 5) is 9.61. The minimum absolute atomic E-state index is 0.140. The molecule has 124 valence electrons. The maximum atomic E-state index is 12.9. The Balaban J connectivity index is 2.92. The van der Waals surface area contributed by atoms with E-state index in [2.05, 4.69) is 5.32 Å². The number of aliphatic hydroxyl groups excluding tert-OH is 1. The molecule has 22 heavy (non-hydrogen) atoms. The van der Waals surface area contributed by atoms with Crippen LogP contribution >= 0.6 is 23.2 Å². The van der Waals surface area contributed by atoms with E-state index in [1.54, 1.807) is 0 Å². The van der Waals surface area contributed by atoms with Crippen LogP contribution in [0.25, 0.3) is 0 Å². The molecule has 1 rings (SSSR count). The second kappa shape index (κ2) is 8.05. The van der Waals surface area contributed by atoms with Crippen LogP contribution in [0.1, 0.15) is 11.7 Å². The predicted octanol–water partition coefficient (Wildman–Crippen LogP) is 1.68. The van der Waals surface area contributed by atoms with Crippen molar-refractivity contribution in [2.45, 2.75) is 21.9 Å². The van der Waals surface area contributed by atoms with Crippen LogP contribution in [0.3, 0.4) is 0 Å². The average Bonchev–Trinajstić information content (AvgIpc) is 2.51. The first-order valence-electron chi connectivity index (χ1n) is 5.94. The highest BCUT2D eigenvalue weighted by atomic mass is 35.5. The highest BCUT2D eigenvalue weighted by Crippen LogP contribution is 2.21. The van der Waals surface area contributed by atoms with Crippen LogP contribution in [0.4, 0.5) is 8.78 Å². The fourth-order valence-corrected chi connectivity index (χ4v) is 2.42. The summed E-state index contributed by atoms with van der Waals surface area (Å²) in [5.41, 5.74) is 0.140. The summed E-state index contributed by atoms with van der Waals surface area (Å²) >= 11 is 10.6. The van der Waals surface area contributed by atoms with Gasteiger partial charge in [-0.2, -0.15) is 0 Å². The smallest absolute Gasteiger partial charge is 0.253 e. The van der Waals surface area contributed by atoms with Crippen LogP contribution in [0, 0.1) is 0 Å². The Morgan fingerprint density at radius 3 is 2.18 bits per heavy atom. The molecule has 0 heterocycles. The molecule has 0 aliphatic heterocycles. The third kappa shape index (κ3) is 4.77. The Hall–Kier alpha value is -0.960. The van der Waals surface area contributed by atoms with Gasteiger partial charge in [-0.25, -0.2) is 17.2 Å². The van der Waals surface area contributed by atoms with E-state index in [9.17, 15) is 27.1 Å². The number of carbonyl (C=O) groups is 1. The predicted molar refractivity (Wildman–Crippen MR) is 78.0 cm³/mol. The minimum atomic E-state index is -4.02. The molecule has 0 unspecified atom stereocenters. The molecular formula is C12H13Cl2F2NO4S. The van der Waals surface area contributed by atoms with E-state index >= 15 is 0 Å². The van der Waals surface area contributed by atoms with Crippen molar-refractivity contribution in [1.29, 1.82) is 0 Å². The van der Waals surface area contributed by atoms with E-state index in [4.69, 9.17) is 23.2 Å². The second-order valence-corrected chi connectivity index (χ2v) is 7.32. The van der Waals surface area contributed by atoms with Gasteiger partial charge in [0.15, 0.2) is 10.8 Å². The van der Waals surface area contributed by atoms with Gasteiger partial charge in [0.05, 0.1) is 10.9 Å². The second-order valence-electron chi connectivity index (χ2n) is 4.31. The normalized spacial score (nSPS) is 14.6. The number of hydrogen-bond donors (Lipinski definition) is 2. The molecule has 2 atom stereocenters. The molecular weight excluding hydrogens is 363 g/mol. The first-order chi connectivity index (χ1) is 10.2. The summed E-state index contributed by atoms with van der Waals surface area (Å²) < 4.78 is 47.9. The lowest BCUT2D eigenvalue weighted by Crippen LogP contribution is -2.43. The van der Waals surface area contributed by atoms with E-state index in [1.165, 1.54) is 12.1 Å². The number of nitrogens with one attached hydrogen (secondary N) is 1. The lowest BCUT2D eigenvalue weighted by molar-refractivity contribution is -0.121. The molecule has 1 amide bonds. The van der Waals surface area contributed by atoms with E-state index in [1.807, 2.05) is 0 Å². The molecule has 5 nitrogen and oxygen atoms in total. The quantitative estimate of drug-likeness (QED) is 0.710. The molecule has 1 aromatic carbocycles. The standard InChI is InChI=1S/C12H13Cl2F2NO4S/c13-11(14)12(19)17-9(5-15)10(18)7-1-3-8(4-2-7)22(20,21)6-16/h1-4,9-11,18H,5-6H2,(H,17,19)/t9-,10+/m1/s1. The third-order valence-corrected chi connectivity index (χ3v) is 4.47. The van der Waals surface area contributed by atoms with Gasteiger partial charge in [-0.05, 0) is 17.7 Å². The SMILES string of the molecule is O=C(N[C@H](CF)[C@@H](O)c1ccc(S(=O)(=O)CF)cc1)C(Cl)Cl. The summed E-state index contributed by atoms with van der Waals surface area (Å²) in [6.45, 7) is -1.10. The van der Waals surface area contributed by atoms with Crippen LogP contribution in [0.5, 0.6) is 0 Å². The Morgan fingerprint density at radius 2 is 1.77 bits per heavy atom. The molecule has 1 aromatic rings. The van der Waals surface area contributed by atoms with Gasteiger partial charge in [0.2, 0.25) is 9.84 Å². The Kier molecular flexibility index (Phi) is 6.98. The summed E-state index contributed by atoms with van der Waals surface area (Å²) in [7, 11) is -4.02. The van der Waals surface area contributed by atoms with Gasteiger partial charge in [-0.1, -0.05) is 35.3 Å². The topological polar surface area (TPSA) is 83.5 Å². The van der Waals surface area contributed by atoms with E-state index < -0.39 is 45.4 Å². The van der Waals surface area contributed by atoms with Gasteiger partial charge in [-0.3, -0.25) is 4.79 Å². The number of rotatable bonds is 7. The Labute approximate surface area is 136 Å². The summed E-state index contributed by atoms with van der Waals surface area (Å²) in [6, 6.07) is 1.69. The largest absolute Gasteiger partial charge is 0.386 e. The average molecular weight is 376 g/mol. The molecule has 0 aliphatic rings. The molecule has 0 saturated carbocycles. The molecule has 0 radical (unpaired) electrons. The summed E-state index contributed by atoms with van der Waals surface area (Å²) in [5, 5.41) is 12.1. The molecule has 0 aliphatic carbocycles. The zero-order chi connectivity index (χ0) is 16.9. The van der Waals surface area contributed by atoms with E-state index in [-0.39, 0.29) is 10.5 Å². The first-order valence-corrected chi connectivity index (χ1v) is 8.46. The van der Waals surface area contributed by atoms with Gasteiger partial charge in [0.25, 0.3) is 5.91 Å². The number of sulfone groups is 1. The molecule has 0 spiro atoms. The number of hydrogen-bond acceptors (Lipinski definition) is 4. The number of aliphatic hydroxyl groups is 1. The van der Waals surface area contributed by atoms with Crippen molar-refractivity contribution in [2.24, 2.45) is 0 Å². The monoisotopic (exact) mass is 375 g/mol. The van der Waals surface area contributed by atoms with Gasteiger partial charge in [0.1, 0.15) is 12.8 Å². The van der Waals surface area contributed by atoms with Crippen LogP contribution in [0.15, 0.2) is 29.2 Å². The lowest BCUT2D eigenvalue weighted by Gasteiger charge is -2.22. The summed E-state index contributed by atoms with van der Waals surface area (Å²) in [6.07, 6.45) is -1.46. The lowest BCUT2D eigenvalue weighted by atomic mass is 10.0. The van der Waals surface area contributed by atoms with Crippen molar-refractivity contribution in [3.8, 4) is 0 Å². The van der Waals surface area contributed by atoms with Gasteiger partial charge >= 0.3 is 0 Å². The van der Waals surface area contributed by atoms with Gasteiger partial charge < -0.3 is 10.4 Å². The van der Waals surface area contributed by atoms with E-state index in [0.29, 0.717) is 0 Å². The third-order valence-electron chi connectivity index (χ3n) is 2.80. The zero-order valence-corrected chi connectivity index (χ0v) is 13.4. The fraction of sp³-hybridized carbons (Fsp3) is 0.417. The number of halogens is 4. The van der Waals surface area contributed by atoms with Crippen molar-refractivity contribution in [2.75, 3.05) is 12.7 Å². The number of carbonyl (C=O) groups excluding carboxylic acids is 1. The van der Waals surface area contributed by atoms with Crippen molar-refractivity contribution in [1.82, 2.24) is 5.32 Å². The van der Waals surface area contributed by atoms with Crippen molar-refractivity contribution in [3.63, 3.8) is 0 Å².